The highest BCUT2D eigenvalue weighted by molar-refractivity contribution is 9.10. The Labute approximate surface area is 98.7 Å². The zero-order valence-corrected chi connectivity index (χ0v) is 10.5. The fraction of sp³-hybridized carbons (Fsp3) is 0.364. The molecule has 0 amide bonds. The molecule has 0 fully saturated rings. The van der Waals surface area contributed by atoms with Gasteiger partial charge in [-0.2, -0.15) is 5.10 Å². The molecule has 1 aromatic rings. The van der Waals surface area contributed by atoms with E-state index in [1.54, 1.807) is 13.3 Å². The number of halogens is 1. The molecule has 15 heavy (non-hydrogen) atoms. The number of benzene rings is 1. The number of nitrogens with zero attached hydrogens (tertiary/aromatic N) is 1. The van der Waals surface area contributed by atoms with Crippen molar-refractivity contribution in [2.24, 2.45) is 5.10 Å². The molecule has 0 aliphatic carbocycles. The van der Waals surface area contributed by atoms with Gasteiger partial charge in [0.15, 0.2) is 0 Å². The van der Waals surface area contributed by atoms with Crippen LogP contribution in [0.25, 0.3) is 0 Å². The van der Waals surface area contributed by atoms with Crippen molar-refractivity contribution in [3.05, 3.63) is 28.2 Å². The lowest BCUT2D eigenvalue weighted by atomic mass is 10.2. The number of hydrazone groups is 1. The van der Waals surface area contributed by atoms with Gasteiger partial charge in [-0.1, -0.05) is 6.92 Å². The van der Waals surface area contributed by atoms with Crippen LogP contribution in [0.5, 0.6) is 5.75 Å². The minimum absolute atomic E-state index is 0.739. The summed E-state index contributed by atoms with van der Waals surface area (Å²) in [5.41, 5.74) is 3.74. The molecule has 0 saturated carbocycles. The van der Waals surface area contributed by atoms with Crippen LogP contribution >= 0.6 is 15.9 Å². The highest BCUT2D eigenvalue weighted by atomic mass is 79.9. The average Bonchev–Trinajstić information content (AvgIpc) is 2.25. The molecule has 0 unspecified atom stereocenters. The molecule has 82 valence electrons. The molecule has 0 heterocycles. The first kappa shape index (κ1) is 12.0. The number of hydrogen-bond acceptors (Lipinski definition) is 3. The van der Waals surface area contributed by atoms with E-state index in [1.807, 2.05) is 18.2 Å². The summed E-state index contributed by atoms with van der Waals surface area (Å²) in [6, 6.07) is 5.89. The highest BCUT2D eigenvalue weighted by Crippen LogP contribution is 2.25. The number of nitrogens with one attached hydrogen (secondary N) is 1. The molecule has 0 radical (unpaired) electrons. The van der Waals surface area contributed by atoms with E-state index in [9.17, 15) is 0 Å². The predicted octanol–water partition coefficient (Wildman–Crippen LogP) is 2.79. The average molecular weight is 271 g/mol. The second kappa shape index (κ2) is 6.45. The third kappa shape index (κ3) is 3.91. The summed E-state index contributed by atoms with van der Waals surface area (Å²) in [6.45, 7) is 2.82. The molecular formula is C11H15BrN2O. The number of rotatable bonds is 5. The van der Waals surface area contributed by atoms with Gasteiger partial charge in [0.25, 0.3) is 0 Å². The summed E-state index contributed by atoms with van der Waals surface area (Å²) in [5, 5.41) is 3.94. The first-order valence-corrected chi connectivity index (χ1v) is 5.69. The van der Waals surface area contributed by atoms with Crippen LogP contribution in [0, 0.1) is 0 Å². The highest BCUT2D eigenvalue weighted by Gasteiger charge is 2.00. The van der Waals surface area contributed by atoms with Crippen LogP contribution in [0.15, 0.2) is 27.8 Å². The molecular weight excluding hydrogens is 256 g/mol. The summed E-state index contributed by atoms with van der Waals surface area (Å²) in [7, 11) is 1.77. The standard InChI is InChI=1S/C11H15BrN2O/c1-3-6-15-11-5-4-9(7-10(11)12)8-14-13-2/h4-5,7-8,13H,3,6H2,1-2H3/b14-8+. The molecule has 0 aliphatic heterocycles. The molecule has 0 bridgehead atoms. The van der Waals surface area contributed by atoms with E-state index in [0.717, 1.165) is 28.8 Å². The Morgan fingerprint density at radius 3 is 2.93 bits per heavy atom. The number of hydrogen-bond donors (Lipinski definition) is 1. The van der Waals surface area contributed by atoms with Gasteiger partial charge in [-0.05, 0) is 46.1 Å². The summed E-state index contributed by atoms with van der Waals surface area (Å²) in [4.78, 5) is 0. The molecule has 0 saturated heterocycles. The second-order valence-corrected chi connectivity index (χ2v) is 3.87. The van der Waals surface area contributed by atoms with Crippen molar-refractivity contribution in [1.29, 1.82) is 0 Å². The van der Waals surface area contributed by atoms with Gasteiger partial charge in [-0.25, -0.2) is 0 Å². The van der Waals surface area contributed by atoms with Crippen LogP contribution in [-0.2, 0) is 0 Å². The van der Waals surface area contributed by atoms with Gasteiger partial charge in [-0.15, -0.1) is 0 Å². The summed E-state index contributed by atoms with van der Waals surface area (Å²) >= 11 is 3.46. The normalized spacial score (nSPS) is 10.6. The van der Waals surface area contributed by atoms with Gasteiger partial charge < -0.3 is 10.2 Å². The van der Waals surface area contributed by atoms with Crippen molar-refractivity contribution in [2.75, 3.05) is 13.7 Å². The molecule has 0 aliphatic rings. The second-order valence-electron chi connectivity index (χ2n) is 3.02. The molecule has 0 spiro atoms. The topological polar surface area (TPSA) is 33.6 Å². The van der Waals surface area contributed by atoms with E-state index in [-0.39, 0.29) is 0 Å². The molecule has 1 aromatic carbocycles. The Morgan fingerprint density at radius 1 is 1.53 bits per heavy atom. The van der Waals surface area contributed by atoms with Crippen LogP contribution in [0.3, 0.4) is 0 Å². The Hall–Kier alpha value is -1.03. The maximum Gasteiger partial charge on any atom is 0.133 e. The Kier molecular flexibility index (Phi) is 5.18. The third-order valence-electron chi connectivity index (χ3n) is 1.76. The summed E-state index contributed by atoms with van der Waals surface area (Å²) in [5.74, 6) is 0.874. The van der Waals surface area contributed by atoms with Crippen LogP contribution in [0.2, 0.25) is 0 Å². The largest absolute Gasteiger partial charge is 0.492 e. The van der Waals surface area contributed by atoms with E-state index in [0.29, 0.717) is 0 Å². The van der Waals surface area contributed by atoms with Crippen LogP contribution in [-0.4, -0.2) is 19.9 Å². The van der Waals surface area contributed by atoms with E-state index in [2.05, 4.69) is 33.4 Å². The smallest absolute Gasteiger partial charge is 0.133 e. The monoisotopic (exact) mass is 270 g/mol. The van der Waals surface area contributed by atoms with Crippen molar-refractivity contribution in [3.63, 3.8) is 0 Å². The molecule has 4 heteroatoms. The van der Waals surface area contributed by atoms with Gasteiger partial charge in [0, 0.05) is 7.05 Å². The van der Waals surface area contributed by atoms with Crippen molar-refractivity contribution >= 4 is 22.1 Å². The van der Waals surface area contributed by atoms with E-state index < -0.39 is 0 Å². The van der Waals surface area contributed by atoms with Crippen LogP contribution in [0.4, 0.5) is 0 Å². The summed E-state index contributed by atoms with van der Waals surface area (Å²) < 4.78 is 6.49. The minimum atomic E-state index is 0.739. The van der Waals surface area contributed by atoms with Crippen molar-refractivity contribution in [2.45, 2.75) is 13.3 Å². The SMILES string of the molecule is CCCOc1ccc(/C=N/NC)cc1Br. The van der Waals surface area contributed by atoms with Crippen molar-refractivity contribution < 1.29 is 4.74 Å². The van der Waals surface area contributed by atoms with Crippen molar-refractivity contribution in [1.82, 2.24) is 5.43 Å². The maximum atomic E-state index is 5.54. The van der Waals surface area contributed by atoms with Gasteiger partial charge in [0.1, 0.15) is 5.75 Å². The fourth-order valence-electron chi connectivity index (χ4n) is 1.07. The zero-order valence-electron chi connectivity index (χ0n) is 8.96. The van der Waals surface area contributed by atoms with Crippen LogP contribution in [0.1, 0.15) is 18.9 Å². The minimum Gasteiger partial charge on any atom is -0.492 e. The molecule has 0 aromatic heterocycles. The molecule has 0 atom stereocenters. The number of ether oxygens (including phenoxy) is 1. The van der Waals surface area contributed by atoms with Gasteiger partial charge in [-0.3, -0.25) is 0 Å². The van der Waals surface area contributed by atoms with E-state index in [4.69, 9.17) is 4.74 Å². The summed E-state index contributed by atoms with van der Waals surface area (Å²) in [6.07, 6.45) is 2.77. The quantitative estimate of drug-likeness (QED) is 0.660. The van der Waals surface area contributed by atoms with Crippen LogP contribution < -0.4 is 10.2 Å². The van der Waals surface area contributed by atoms with E-state index in [1.165, 1.54) is 0 Å². The van der Waals surface area contributed by atoms with Gasteiger partial charge in [0.05, 0.1) is 17.3 Å². The van der Waals surface area contributed by atoms with Gasteiger partial charge >= 0.3 is 0 Å². The zero-order chi connectivity index (χ0) is 11.1. The van der Waals surface area contributed by atoms with Crippen molar-refractivity contribution in [3.8, 4) is 5.75 Å². The lowest BCUT2D eigenvalue weighted by Gasteiger charge is -2.07. The lowest BCUT2D eigenvalue weighted by molar-refractivity contribution is 0.315. The fourth-order valence-corrected chi connectivity index (χ4v) is 1.58. The van der Waals surface area contributed by atoms with E-state index >= 15 is 0 Å². The maximum absolute atomic E-state index is 5.54. The Bertz CT molecular complexity index is 339. The van der Waals surface area contributed by atoms with Gasteiger partial charge in [0.2, 0.25) is 0 Å². The molecule has 3 nitrogen and oxygen atoms in total. The predicted molar refractivity (Wildman–Crippen MR) is 66.6 cm³/mol. The first-order valence-electron chi connectivity index (χ1n) is 4.90. The molecule has 1 N–H and O–H groups in total. The molecule has 1 rings (SSSR count). The Balaban J connectivity index is 2.74. The lowest BCUT2D eigenvalue weighted by Crippen LogP contribution is -1.97. The third-order valence-corrected chi connectivity index (χ3v) is 2.38. The Morgan fingerprint density at radius 2 is 2.33 bits per heavy atom. The first-order chi connectivity index (χ1) is 7.27.